The highest BCUT2D eigenvalue weighted by Crippen LogP contribution is 2.21. The van der Waals surface area contributed by atoms with Crippen LogP contribution in [-0.4, -0.2) is 33.9 Å². The Kier molecular flexibility index (Phi) is 4.39. The second kappa shape index (κ2) is 7.00. The van der Waals surface area contributed by atoms with Gasteiger partial charge in [-0.1, -0.05) is 18.2 Å². The molecule has 0 saturated heterocycles. The van der Waals surface area contributed by atoms with Crippen molar-refractivity contribution < 1.29 is 9.59 Å². The van der Waals surface area contributed by atoms with Gasteiger partial charge in [-0.3, -0.25) is 14.6 Å². The third-order valence-electron chi connectivity index (χ3n) is 4.59. The molecule has 2 aromatic heterocycles. The fourth-order valence-corrected chi connectivity index (χ4v) is 3.00. The van der Waals surface area contributed by atoms with Gasteiger partial charge in [-0.05, 0) is 36.6 Å². The summed E-state index contributed by atoms with van der Waals surface area (Å²) < 4.78 is 0. The first kappa shape index (κ1) is 16.3. The van der Waals surface area contributed by atoms with Crippen molar-refractivity contribution in [2.24, 2.45) is 0 Å². The molecule has 4 rings (SSSR count). The van der Waals surface area contributed by atoms with Crippen LogP contribution in [-0.2, 0) is 11.2 Å². The third-order valence-corrected chi connectivity index (χ3v) is 4.59. The highest BCUT2D eigenvalue weighted by molar-refractivity contribution is 5.97. The van der Waals surface area contributed by atoms with E-state index >= 15 is 0 Å². The number of para-hydroxylation sites is 1. The van der Waals surface area contributed by atoms with Crippen LogP contribution in [0.15, 0.2) is 55.0 Å². The minimum Gasteiger partial charge on any atom is -0.361 e. The van der Waals surface area contributed by atoms with Crippen molar-refractivity contribution in [3.63, 3.8) is 0 Å². The SMILES string of the molecule is O=C(N[C@@H](Cc1c[nH]c2ccccc12)C(=O)NC1CC1)c1ccncc1. The first-order valence-corrected chi connectivity index (χ1v) is 8.77. The van der Waals surface area contributed by atoms with E-state index in [4.69, 9.17) is 0 Å². The standard InChI is InChI=1S/C20H20N4O2/c25-19(13-7-9-21-10-8-13)24-18(20(26)23-15-5-6-15)11-14-12-22-17-4-2-1-3-16(14)17/h1-4,7-10,12,15,18,22H,5-6,11H2,(H,23,26)(H,24,25)/t18-/m0/s1. The van der Waals surface area contributed by atoms with E-state index in [1.807, 2.05) is 30.5 Å². The molecule has 6 heteroatoms. The van der Waals surface area contributed by atoms with Crippen molar-refractivity contribution in [2.75, 3.05) is 0 Å². The molecule has 3 N–H and O–H groups in total. The molecule has 0 spiro atoms. The minimum atomic E-state index is -0.629. The van der Waals surface area contributed by atoms with Gasteiger partial charge >= 0.3 is 0 Å². The second-order valence-corrected chi connectivity index (χ2v) is 6.61. The summed E-state index contributed by atoms with van der Waals surface area (Å²) in [6.45, 7) is 0. The number of H-pyrrole nitrogens is 1. The molecule has 6 nitrogen and oxygen atoms in total. The summed E-state index contributed by atoms with van der Waals surface area (Å²) in [4.78, 5) is 32.3. The second-order valence-electron chi connectivity index (χ2n) is 6.61. The molecule has 1 aliphatic rings. The van der Waals surface area contributed by atoms with Gasteiger partial charge in [-0.15, -0.1) is 0 Å². The number of benzene rings is 1. The molecule has 0 radical (unpaired) electrons. The molecule has 1 fully saturated rings. The van der Waals surface area contributed by atoms with Crippen LogP contribution in [0.2, 0.25) is 0 Å². The molecule has 1 atom stereocenters. The van der Waals surface area contributed by atoms with Crippen LogP contribution >= 0.6 is 0 Å². The van der Waals surface area contributed by atoms with Crippen molar-refractivity contribution in [3.8, 4) is 0 Å². The number of pyridine rings is 1. The number of nitrogens with zero attached hydrogens (tertiary/aromatic N) is 1. The Labute approximate surface area is 151 Å². The van der Waals surface area contributed by atoms with E-state index in [2.05, 4.69) is 20.6 Å². The number of aromatic nitrogens is 2. The number of hydrogen-bond donors (Lipinski definition) is 3. The first-order valence-electron chi connectivity index (χ1n) is 8.77. The zero-order valence-corrected chi connectivity index (χ0v) is 14.2. The Morgan fingerprint density at radius 1 is 1.15 bits per heavy atom. The largest absolute Gasteiger partial charge is 0.361 e. The summed E-state index contributed by atoms with van der Waals surface area (Å²) in [6.07, 6.45) is 7.47. The Morgan fingerprint density at radius 2 is 1.92 bits per heavy atom. The van der Waals surface area contributed by atoms with E-state index in [1.54, 1.807) is 24.5 Å². The number of nitrogens with one attached hydrogen (secondary N) is 3. The van der Waals surface area contributed by atoms with Crippen molar-refractivity contribution >= 4 is 22.7 Å². The Bertz CT molecular complexity index is 931. The van der Waals surface area contributed by atoms with Gasteiger partial charge < -0.3 is 15.6 Å². The van der Waals surface area contributed by atoms with Gasteiger partial charge in [0, 0.05) is 47.5 Å². The Morgan fingerprint density at radius 3 is 2.69 bits per heavy atom. The maximum atomic E-state index is 12.7. The van der Waals surface area contributed by atoms with Crippen LogP contribution in [0.1, 0.15) is 28.8 Å². The maximum absolute atomic E-state index is 12.7. The molecular formula is C20H20N4O2. The molecule has 26 heavy (non-hydrogen) atoms. The topological polar surface area (TPSA) is 86.9 Å². The molecule has 2 amide bonds. The van der Waals surface area contributed by atoms with E-state index in [9.17, 15) is 9.59 Å². The summed E-state index contributed by atoms with van der Waals surface area (Å²) in [5, 5.41) is 6.94. The van der Waals surface area contributed by atoms with Gasteiger partial charge in [-0.2, -0.15) is 0 Å². The normalized spacial score (nSPS) is 14.8. The number of fused-ring (bicyclic) bond motifs is 1. The molecule has 3 aromatic rings. The first-order chi connectivity index (χ1) is 12.7. The van der Waals surface area contributed by atoms with Crippen LogP contribution in [0.3, 0.4) is 0 Å². The fraction of sp³-hybridized carbons (Fsp3) is 0.250. The molecule has 132 valence electrons. The van der Waals surface area contributed by atoms with Crippen molar-refractivity contribution in [1.29, 1.82) is 0 Å². The molecule has 1 aliphatic carbocycles. The molecule has 0 aliphatic heterocycles. The van der Waals surface area contributed by atoms with Crippen LogP contribution in [0.4, 0.5) is 0 Å². The zero-order valence-electron chi connectivity index (χ0n) is 14.2. The van der Waals surface area contributed by atoms with E-state index in [1.165, 1.54) is 0 Å². The van der Waals surface area contributed by atoms with Gasteiger partial charge in [0.25, 0.3) is 5.91 Å². The van der Waals surface area contributed by atoms with Crippen LogP contribution < -0.4 is 10.6 Å². The van der Waals surface area contributed by atoms with E-state index in [0.29, 0.717) is 12.0 Å². The third kappa shape index (κ3) is 3.59. The molecule has 2 heterocycles. The van der Waals surface area contributed by atoms with E-state index in [-0.39, 0.29) is 17.9 Å². The lowest BCUT2D eigenvalue weighted by Crippen LogP contribution is -2.48. The number of aromatic amines is 1. The number of amides is 2. The summed E-state index contributed by atoms with van der Waals surface area (Å²) in [6, 6.07) is 10.8. The molecular weight excluding hydrogens is 328 g/mol. The maximum Gasteiger partial charge on any atom is 0.252 e. The van der Waals surface area contributed by atoms with Gasteiger partial charge in [0.15, 0.2) is 0 Å². The number of carbonyl (C=O) groups excluding carboxylic acids is 2. The molecule has 0 unspecified atom stereocenters. The quantitative estimate of drug-likeness (QED) is 0.638. The Balaban J connectivity index is 1.56. The predicted molar refractivity (Wildman–Crippen MR) is 98.7 cm³/mol. The molecule has 1 saturated carbocycles. The smallest absolute Gasteiger partial charge is 0.252 e. The monoisotopic (exact) mass is 348 g/mol. The lowest BCUT2D eigenvalue weighted by atomic mass is 10.0. The fourth-order valence-electron chi connectivity index (χ4n) is 3.00. The van der Waals surface area contributed by atoms with Gasteiger partial charge in [0.05, 0.1) is 0 Å². The predicted octanol–water partition coefficient (Wildman–Crippen LogP) is 2.18. The highest BCUT2D eigenvalue weighted by atomic mass is 16.2. The zero-order chi connectivity index (χ0) is 17.9. The summed E-state index contributed by atoms with van der Waals surface area (Å²) in [7, 11) is 0. The van der Waals surface area contributed by atoms with Gasteiger partial charge in [0.2, 0.25) is 5.91 Å². The van der Waals surface area contributed by atoms with Crippen LogP contribution in [0.25, 0.3) is 10.9 Å². The summed E-state index contributed by atoms with van der Waals surface area (Å²) in [5.74, 6) is -0.414. The minimum absolute atomic E-state index is 0.139. The number of carbonyl (C=O) groups is 2. The average molecular weight is 348 g/mol. The lowest BCUT2D eigenvalue weighted by molar-refractivity contribution is -0.123. The van der Waals surface area contributed by atoms with Crippen molar-refractivity contribution in [1.82, 2.24) is 20.6 Å². The average Bonchev–Trinajstić information content (AvgIpc) is 3.40. The van der Waals surface area contributed by atoms with E-state index < -0.39 is 6.04 Å². The van der Waals surface area contributed by atoms with Crippen molar-refractivity contribution in [3.05, 3.63) is 66.1 Å². The molecule has 0 bridgehead atoms. The number of rotatable bonds is 6. The summed E-state index contributed by atoms with van der Waals surface area (Å²) in [5.41, 5.74) is 2.51. The van der Waals surface area contributed by atoms with Crippen LogP contribution in [0, 0.1) is 0 Å². The highest BCUT2D eigenvalue weighted by Gasteiger charge is 2.29. The van der Waals surface area contributed by atoms with Gasteiger partial charge in [0.1, 0.15) is 6.04 Å². The Hall–Kier alpha value is -3.15. The van der Waals surface area contributed by atoms with Crippen molar-refractivity contribution in [2.45, 2.75) is 31.3 Å². The summed E-state index contributed by atoms with van der Waals surface area (Å²) >= 11 is 0. The number of hydrogen-bond acceptors (Lipinski definition) is 3. The lowest BCUT2D eigenvalue weighted by Gasteiger charge is -2.18. The molecule has 1 aromatic carbocycles. The van der Waals surface area contributed by atoms with Gasteiger partial charge in [-0.25, -0.2) is 0 Å². The van der Waals surface area contributed by atoms with E-state index in [0.717, 1.165) is 29.3 Å². The van der Waals surface area contributed by atoms with Crippen LogP contribution in [0.5, 0.6) is 0 Å².